The van der Waals surface area contributed by atoms with Crippen LogP contribution in [-0.2, 0) is 19.4 Å². The van der Waals surface area contributed by atoms with E-state index in [-0.39, 0.29) is 53.8 Å². The van der Waals surface area contributed by atoms with Gasteiger partial charge >= 0.3 is 0 Å². The number of anilines is 1. The maximum Gasteiger partial charge on any atom is 0.251 e. The van der Waals surface area contributed by atoms with Gasteiger partial charge in [0.2, 0.25) is 11.8 Å². The van der Waals surface area contributed by atoms with Crippen LogP contribution in [0.25, 0.3) is 0 Å². The molecule has 9 heteroatoms. The third kappa shape index (κ3) is 5.35. The molecule has 2 aliphatic heterocycles. The highest BCUT2D eigenvalue weighted by atomic mass is 32.2. The summed E-state index contributed by atoms with van der Waals surface area (Å²) in [6, 6.07) is 6.23. The average Bonchev–Trinajstić information content (AvgIpc) is 3.16. The third-order valence-electron chi connectivity index (χ3n) is 5.08. The predicted octanol–water partition coefficient (Wildman–Crippen LogP) is 1.19. The average molecular weight is 422 g/mol. The lowest BCUT2D eigenvalue weighted by atomic mass is 10.1. The number of nitrogens with zero attached hydrogens (tertiary/aromatic N) is 1. The van der Waals surface area contributed by atoms with Crippen LogP contribution < -0.4 is 10.6 Å². The van der Waals surface area contributed by atoms with Gasteiger partial charge in [-0.05, 0) is 51.5 Å². The standard InChI is InChI=1S/C20H27N3O5S/c1-20(2,3)22-19(26)13-4-6-15(7-5-13)21-18(25)14-10-17(24)23(11-14)16-8-9-29(27,28)12-16/h4-7,14,16H,8-12H2,1-3H3,(H,21,25)(H,22,26)/t14-,16+/m0/s1. The zero-order valence-corrected chi connectivity index (χ0v) is 17.7. The summed E-state index contributed by atoms with van der Waals surface area (Å²) < 4.78 is 23.3. The Bertz CT molecular complexity index is 918. The zero-order valence-electron chi connectivity index (χ0n) is 16.9. The molecule has 0 radical (unpaired) electrons. The van der Waals surface area contributed by atoms with Crippen LogP contribution in [0.1, 0.15) is 44.0 Å². The van der Waals surface area contributed by atoms with Gasteiger partial charge in [-0.25, -0.2) is 8.42 Å². The number of nitrogens with one attached hydrogen (secondary N) is 2. The van der Waals surface area contributed by atoms with Crippen LogP contribution in [0.2, 0.25) is 0 Å². The molecule has 3 rings (SSSR count). The quantitative estimate of drug-likeness (QED) is 0.758. The first-order valence-corrected chi connectivity index (χ1v) is 11.5. The number of rotatable bonds is 4. The molecule has 2 saturated heterocycles. The van der Waals surface area contributed by atoms with Crippen LogP contribution >= 0.6 is 0 Å². The first-order chi connectivity index (χ1) is 13.4. The van der Waals surface area contributed by atoms with E-state index in [2.05, 4.69) is 10.6 Å². The van der Waals surface area contributed by atoms with Gasteiger partial charge in [0.15, 0.2) is 9.84 Å². The van der Waals surface area contributed by atoms with E-state index < -0.39 is 15.8 Å². The van der Waals surface area contributed by atoms with Crippen LogP contribution in [0.5, 0.6) is 0 Å². The Labute approximate surface area is 170 Å². The first-order valence-electron chi connectivity index (χ1n) is 9.67. The first kappa shape index (κ1) is 21.3. The molecule has 1 aromatic carbocycles. The van der Waals surface area contributed by atoms with Gasteiger partial charge in [-0.15, -0.1) is 0 Å². The van der Waals surface area contributed by atoms with Crippen molar-refractivity contribution in [2.75, 3.05) is 23.4 Å². The van der Waals surface area contributed by atoms with Crippen molar-refractivity contribution in [2.24, 2.45) is 5.92 Å². The van der Waals surface area contributed by atoms with Crippen molar-refractivity contribution in [3.05, 3.63) is 29.8 Å². The van der Waals surface area contributed by atoms with E-state index in [4.69, 9.17) is 0 Å². The second-order valence-electron chi connectivity index (χ2n) is 8.77. The number of carbonyl (C=O) groups is 3. The minimum absolute atomic E-state index is 0.0226. The second-order valence-corrected chi connectivity index (χ2v) is 11.0. The summed E-state index contributed by atoms with van der Waals surface area (Å²) in [6.45, 7) is 5.92. The zero-order chi connectivity index (χ0) is 21.4. The van der Waals surface area contributed by atoms with Crippen LogP contribution in [0.3, 0.4) is 0 Å². The fourth-order valence-electron chi connectivity index (χ4n) is 3.64. The van der Waals surface area contributed by atoms with Crippen molar-refractivity contribution in [3.63, 3.8) is 0 Å². The molecule has 0 unspecified atom stereocenters. The number of amides is 3. The molecule has 1 aromatic rings. The molecular weight excluding hydrogens is 394 g/mol. The fraction of sp³-hybridized carbons (Fsp3) is 0.550. The molecule has 2 heterocycles. The Hall–Kier alpha value is -2.42. The van der Waals surface area contributed by atoms with Gasteiger partial charge in [-0.2, -0.15) is 0 Å². The Kier molecular flexibility index (Phi) is 5.71. The molecule has 2 N–H and O–H groups in total. The van der Waals surface area contributed by atoms with Crippen molar-refractivity contribution in [2.45, 2.75) is 45.2 Å². The maximum atomic E-state index is 12.6. The van der Waals surface area contributed by atoms with Crippen molar-refractivity contribution >= 4 is 33.2 Å². The molecule has 0 spiro atoms. The number of hydrogen-bond donors (Lipinski definition) is 2. The minimum Gasteiger partial charge on any atom is -0.347 e. The van der Waals surface area contributed by atoms with Gasteiger partial charge < -0.3 is 15.5 Å². The van der Waals surface area contributed by atoms with E-state index in [0.717, 1.165) is 0 Å². The van der Waals surface area contributed by atoms with E-state index in [1.165, 1.54) is 4.90 Å². The normalized spacial score (nSPS) is 23.8. The number of carbonyl (C=O) groups excluding carboxylic acids is 3. The summed E-state index contributed by atoms with van der Waals surface area (Å²) >= 11 is 0. The van der Waals surface area contributed by atoms with Crippen molar-refractivity contribution < 1.29 is 22.8 Å². The third-order valence-corrected chi connectivity index (χ3v) is 6.83. The van der Waals surface area contributed by atoms with Crippen LogP contribution in [0.4, 0.5) is 5.69 Å². The molecule has 29 heavy (non-hydrogen) atoms. The molecule has 0 aliphatic carbocycles. The lowest BCUT2D eigenvalue weighted by Gasteiger charge is -2.23. The highest BCUT2D eigenvalue weighted by molar-refractivity contribution is 7.91. The molecule has 2 aliphatic rings. The molecule has 2 fully saturated rings. The minimum atomic E-state index is -3.09. The van der Waals surface area contributed by atoms with Crippen LogP contribution in [-0.4, -0.2) is 60.7 Å². The number of benzene rings is 1. The smallest absolute Gasteiger partial charge is 0.251 e. The van der Waals surface area contributed by atoms with Gasteiger partial charge in [-0.3, -0.25) is 14.4 Å². The maximum absolute atomic E-state index is 12.6. The summed E-state index contributed by atoms with van der Waals surface area (Å²) in [7, 11) is -3.09. The highest BCUT2D eigenvalue weighted by Gasteiger charge is 2.41. The largest absolute Gasteiger partial charge is 0.347 e. The van der Waals surface area contributed by atoms with Gasteiger partial charge in [0.05, 0.1) is 17.4 Å². The molecule has 0 saturated carbocycles. The highest BCUT2D eigenvalue weighted by Crippen LogP contribution is 2.27. The predicted molar refractivity (Wildman–Crippen MR) is 109 cm³/mol. The molecule has 2 atom stereocenters. The lowest BCUT2D eigenvalue weighted by Crippen LogP contribution is -2.40. The van der Waals surface area contributed by atoms with Gasteiger partial charge in [-0.1, -0.05) is 0 Å². The summed E-state index contributed by atoms with van der Waals surface area (Å²) in [6.07, 6.45) is 0.509. The number of sulfone groups is 1. The van der Waals surface area contributed by atoms with Gasteiger partial charge in [0, 0.05) is 35.8 Å². The Morgan fingerprint density at radius 3 is 2.34 bits per heavy atom. The second kappa shape index (κ2) is 7.78. The molecule has 158 valence electrons. The van der Waals surface area contributed by atoms with E-state index in [0.29, 0.717) is 17.7 Å². The fourth-order valence-corrected chi connectivity index (χ4v) is 5.37. The summed E-state index contributed by atoms with van der Waals surface area (Å²) in [4.78, 5) is 38.5. The summed E-state index contributed by atoms with van der Waals surface area (Å²) in [5.41, 5.74) is 0.683. The van der Waals surface area contributed by atoms with E-state index >= 15 is 0 Å². The monoisotopic (exact) mass is 421 g/mol. The Morgan fingerprint density at radius 2 is 1.79 bits per heavy atom. The van der Waals surface area contributed by atoms with Crippen molar-refractivity contribution in [1.82, 2.24) is 10.2 Å². The summed E-state index contributed by atoms with van der Waals surface area (Å²) in [5, 5.41) is 5.65. The van der Waals surface area contributed by atoms with Gasteiger partial charge in [0.1, 0.15) is 0 Å². The van der Waals surface area contributed by atoms with E-state index in [1.54, 1.807) is 24.3 Å². The topological polar surface area (TPSA) is 113 Å². The summed E-state index contributed by atoms with van der Waals surface area (Å²) in [5.74, 6) is -1.11. The molecule has 8 nitrogen and oxygen atoms in total. The lowest BCUT2D eigenvalue weighted by molar-refractivity contribution is -0.129. The Morgan fingerprint density at radius 1 is 1.14 bits per heavy atom. The number of hydrogen-bond acceptors (Lipinski definition) is 5. The van der Waals surface area contributed by atoms with Crippen LogP contribution in [0, 0.1) is 5.92 Å². The van der Waals surface area contributed by atoms with E-state index in [1.807, 2.05) is 20.8 Å². The number of likely N-dealkylation sites (tertiary alicyclic amines) is 1. The molecule has 3 amide bonds. The van der Waals surface area contributed by atoms with Crippen molar-refractivity contribution in [1.29, 1.82) is 0 Å². The van der Waals surface area contributed by atoms with Crippen LogP contribution in [0.15, 0.2) is 24.3 Å². The van der Waals surface area contributed by atoms with E-state index in [9.17, 15) is 22.8 Å². The SMILES string of the molecule is CC(C)(C)NC(=O)c1ccc(NC(=O)[C@H]2CC(=O)N([C@@H]3CCS(=O)(=O)C3)C2)cc1. The molecular formula is C20H27N3O5S. The molecule has 0 aromatic heterocycles. The molecule has 0 bridgehead atoms. The van der Waals surface area contributed by atoms with Crippen molar-refractivity contribution in [3.8, 4) is 0 Å². The Balaban J connectivity index is 1.58. The van der Waals surface area contributed by atoms with Gasteiger partial charge in [0.25, 0.3) is 5.91 Å².